The third-order valence-electron chi connectivity index (χ3n) is 5.05. The molecule has 0 radical (unpaired) electrons. The van der Waals surface area contributed by atoms with E-state index in [4.69, 9.17) is 4.74 Å². The fourth-order valence-corrected chi connectivity index (χ4v) is 5.21. The lowest BCUT2D eigenvalue weighted by Gasteiger charge is -2.31. The number of nitrogens with zero attached hydrogens (tertiary/aromatic N) is 1. The second-order valence-corrected chi connectivity index (χ2v) is 9.11. The van der Waals surface area contributed by atoms with Crippen LogP contribution in [0.4, 0.5) is 4.39 Å². The summed E-state index contributed by atoms with van der Waals surface area (Å²) in [5.41, 5.74) is 2.10. The van der Waals surface area contributed by atoms with Crippen LogP contribution in [0.15, 0.2) is 47.4 Å². The third-order valence-corrected chi connectivity index (χ3v) is 6.93. The molecule has 2 aromatic rings. The van der Waals surface area contributed by atoms with Gasteiger partial charge in [-0.1, -0.05) is 29.8 Å². The number of piperidine rings is 1. The second kappa shape index (κ2) is 8.92. The standard InChI is InChI=1S/C21H25FN2O4S/c1-15-5-3-6-16(11-15)13-23-21(25)17-7-4-10-24(14-17)29(26,27)20-12-18(22)8-9-19(20)28-2/h3,5-6,8-9,11-12,17H,4,7,10,13-14H2,1-2H3,(H,23,25)/t17-/m1/s1. The zero-order valence-electron chi connectivity index (χ0n) is 16.5. The number of ether oxygens (including phenoxy) is 1. The van der Waals surface area contributed by atoms with E-state index >= 15 is 0 Å². The van der Waals surface area contributed by atoms with E-state index in [0.717, 1.165) is 23.3 Å². The summed E-state index contributed by atoms with van der Waals surface area (Å²) >= 11 is 0. The molecule has 0 aromatic heterocycles. The van der Waals surface area contributed by atoms with Crippen molar-refractivity contribution in [3.05, 3.63) is 59.4 Å². The van der Waals surface area contributed by atoms with Crippen LogP contribution in [-0.4, -0.2) is 38.8 Å². The van der Waals surface area contributed by atoms with Gasteiger partial charge < -0.3 is 10.1 Å². The van der Waals surface area contributed by atoms with Gasteiger partial charge in [-0.25, -0.2) is 12.8 Å². The molecule has 1 N–H and O–H groups in total. The van der Waals surface area contributed by atoms with Crippen molar-refractivity contribution in [1.29, 1.82) is 0 Å². The zero-order chi connectivity index (χ0) is 21.0. The Morgan fingerprint density at radius 2 is 2.07 bits per heavy atom. The molecule has 2 aromatic carbocycles. The van der Waals surface area contributed by atoms with Crippen LogP contribution in [0.1, 0.15) is 24.0 Å². The van der Waals surface area contributed by atoms with Crippen molar-refractivity contribution in [1.82, 2.24) is 9.62 Å². The van der Waals surface area contributed by atoms with Gasteiger partial charge in [0.05, 0.1) is 13.0 Å². The van der Waals surface area contributed by atoms with E-state index in [2.05, 4.69) is 5.32 Å². The highest BCUT2D eigenvalue weighted by molar-refractivity contribution is 7.89. The fourth-order valence-electron chi connectivity index (χ4n) is 3.52. The Morgan fingerprint density at radius 1 is 1.28 bits per heavy atom. The Labute approximate surface area is 170 Å². The summed E-state index contributed by atoms with van der Waals surface area (Å²) in [4.78, 5) is 12.4. The second-order valence-electron chi connectivity index (χ2n) is 7.20. The molecule has 1 atom stereocenters. The van der Waals surface area contributed by atoms with Crippen molar-refractivity contribution in [3.8, 4) is 5.75 Å². The van der Waals surface area contributed by atoms with Crippen molar-refractivity contribution in [2.45, 2.75) is 31.2 Å². The molecule has 1 saturated heterocycles. The van der Waals surface area contributed by atoms with Gasteiger partial charge in [0.2, 0.25) is 15.9 Å². The van der Waals surface area contributed by atoms with Gasteiger partial charge in [0.1, 0.15) is 16.5 Å². The molecule has 1 aliphatic rings. The third kappa shape index (κ3) is 4.94. The van der Waals surface area contributed by atoms with E-state index in [1.54, 1.807) is 0 Å². The Bertz CT molecular complexity index is 994. The molecule has 6 nitrogen and oxygen atoms in total. The smallest absolute Gasteiger partial charge is 0.246 e. The average Bonchev–Trinajstić information content (AvgIpc) is 2.72. The van der Waals surface area contributed by atoms with Gasteiger partial charge in [-0.3, -0.25) is 4.79 Å². The molecular formula is C21H25FN2O4S. The van der Waals surface area contributed by atoms with Gasteiger partial charge in [-0.15, -0.1) is 0 Å². The first kappa shape index (κ1) is 21.3. The topological polar surface area (TPSA) is 75.7 Å². The molecule has 0 unspecified atom stereocenters. The number of halogens is 1. The lowest BCUT2D eigenvalue weighted by molar-refractivity contribution is -0.126. The normalized spacial score (nSPS) is 17.7. The van der Waals surface area contributed by atoms with Gasteiger partial charge in [-0.05, 0) is 43.5 Å². The fraction of sp³-hybridized carbons (Fsp3) is 0.381. The number of sulfonamides is 1. The maximum atomic E-state index is 13.7. The summed E-state index contributed by atoms with van der Waals surface area (Å²) in [6, 6.07) is 11.2. The van der Waals surface area contributed by atoms with Gasteiger partial charge >= 0.3 is 0 Å². The van der Waals surface area contributed by atoms with Crippen LogP contribution in [0.2, 0.25) is 0 Å². The summed E-state index contributed by atoms with van der Waals surface area (Å²) < 4.78 is 46.1. The molecule has 3 rings (SSSR count). The molecule has 0 saturated carbocycles. The first-order valence-corrected chi connectivity index (χ1v) is 10.9. The Morgan fingerprint density at radius 3 is 2.79 bits per heavy atom. The summed E-state index contributed by atoms with van der Waals surface area (Å²) in [5, 5.41) is 2.89. The van der Waals surface area contributed by atoms with Crippen LogP contribution in [0, 0.1) is 18.7 Å². The summed E-state index contributed by atoms with van der Waals surface area (Å²) in [7, 11) is -2.64. The number of carbonyl (C=O) groups is 1. The summed E-state index contributed by atoms with van der Waals surface area (Å²) in [6.07, 6.45) is 1.16. The van der Waals surface area contributed by atoms with E-state index in [1.807, 2.05) is 31.2 Å². The first-order valence-electron chi connectivity index (χ1n) is 9.48. The number of carbonyl (C=O) groups excluding carboxylic acids is 1. The molecule has 8 heteroatoms. The van der Waals surface area contributed by atoms with Crippen LogP contribution >= 0.6 is 0 Å². The number of aryl methyl sites for hydroxylation is 1. The lowest BCUT2D eigenvalue weighted by atomic mass is 9.98. The van der Waals surface area contributed by atoms with Crippen LogP contribution in [0.5, 0.6) is 5.75 Å². The summed E-state index contributed by atoms with van der Waals surface area (Å²) in [5.74, 6) is -1.22. The maximum Gasteiger partial charge on any atom is 0.246 e. The maximum absolute atomic E-state index is 13.7. The molecule has 29 heavy (non-hydrogen) atoms. The number of hydrogen-bond donors (Lipinski definition) is 1. The van der Waals surface area contributed by atoms with E-state index in [0.29, 0.717) is 19.4 Å². The molecule has 0 aliphatic carbocycles. The highest BCUT2D eigenvalue weighted by Gasteiger charge is 2.35. The van der Waals surface area contributed by atoms with Crippen molar-refractivity contribution < 1.29 is 22.3 Å². The van der Waals surface area contributed by atoms with Gasteiger partial charge in [0.15, 0.2) is 0 Å². The molecule has 156 valence electrons. The minimum atomic E-state index is -3.98. The number of benzene rings is 2. The minimum absolute atomic E-state index is 0.0572. The van der Waals surface area contributed by atoms with Crippen molar-refractivity contribution in [2.75, 3.05) is 20.2 Å². The Balaban J connectivity index is 1.71. The van der Waals surface area contributed by atoms with Crippen LogP contribution in [0.3, 0.4) is 0 Å². The van der Waals surface area contributed by atoms with Gasteiger partial charge in [0.25, 0.3) is 0 Å². The predicted molar refractivity (Wildman–Crippen MR) is 107 cm³/mol. The van der Waals surface area contributed by atoms with Crippen LogP contribution in [0.25, 0.3) is 0 Å². The molecule has 0 bridgehead atoms. The SMILES string of the molecule is COc1ccc(F)cc1S(=O)(=O)N1CCC[C@@H](C(=O)NCc2cccc(C)c2)C1. The van der Waals surface area contributed by atoms with Gasteiger partial charge in [-0.2, -0.15) is 4.31 Å². The van der Waals surface area contributed by atoms with Crippen molar-refractivity contribution in [2.24, 2.45) is 5.92 Å². The zero-order valence-corrected chi connectivity index (χ0v) is 17.3. The lowest BCUT2D eigenvalue weighted by Crippen LogP contribution is -2.45. The Kier molecular flexibility index (Phi) is 6.54. The monoisotopic (exact) mass is 420 g/mol. The highest BCUT2D eigenvalue weighted by atomic mass is 32.2. The van der Waals surface area contributed by atoms with Crippen molar-refractivity contribution >= 4 is 15.9 Å². The molecule has 1 aliphatic heterocycles. The van der Waals surface area contributed by atoms with E-state index in [9.17, 15) is 17.6 Å². The number of amides is 1. The minimum Gasteiger partial charge on any atom is -0.495 e. The molecule has 1 amide bonds. The molecule has 1 heterocycles. The van der Waals surface area contributed by atoms with E-state index in [1.165, 1.54) is 17.5 Å². The van der Waals surface area contributed by atoms with Crippen LogP contribution in [-0.2, 0) is 21.4 Å². The molecule has 0 spiro atoms. The summed E-state index contributed by atoms with van der Waals surface area (Å²) in [6.45, 7) is 2.71. The molecular weight excluding hydrogens is 395 g/mol. The first-order chi connectivity index (χ1) is 13.8. The number of methoxy groups -OCH3 is 1. The predicted octanol–water partition coefficient (Wildman–Crippen LogP) is 2.86. The number of hydrogen-bond acceptors (Lipinski definition) is 4. The molecule has 1 fully saturated rings. The van der Waals surface area contributed by atoms with E-state index in [-0.39, 0.29) is 29.6 Å². The average molecular weight is 421 g/mol. The number of nitrogens with one attached hydrogen (secondary N) is 1. The van der Waals surface area contributed by atoms with E-state index < -0.39 is 21.8 Å². The number of rotatable bonds is 6. The van der Waals surface area contributed by atoms with Crippen molar-refractivity contribution in [3.63, 3.8) is 0 Å². The largest absolute Gasteiger partial charge is 0.495 e. The van der Waals surface area contributed by atoms with Crippen LogP contribution < -0.4 is 10.1 Å². The Hall–Kier alpha value is -2.45. The quantitative estimate of drug-likeness (QED) is 0.780. The highest BCUT2D eigenvalue weighted by Crippen LogP contribution is 2.30. The van der Waals surface area contributed by atoms with Gasteiger partial charge in [0, 0.05) is 19.6 Å².